The number of ketones is 1. The summed E-state index contributed by atoms with van der Waals surface area (Å²) < 4.78 is 6.00. The number of methoxy groups -OCH3 is 1. The summed E-state index contributed by atoms with van der Waals surface area (Å²) >= 11 is 3.32. The number of rotatable bonds is 4. The molecule has 0 aromatic heterocycles. The smallest absolute Gasteiger partial charge is 0.169 e. The molecule has 0 heterocycles. The van der Waals surface area contributed by atoms with Gasteiger partial charge in [0, 0.05) is 22.1 Å². The number of anilines is 1. The molecule has 0 radical (unpaired) electrons. The predicted octanol–water partition coefficient (Wildman–Crippen LogP) is 3.47. The van der Waals surface area contributed by atoms with Gasteiger partial charge in [-0.3, -0.25) is 4.79 Å². The molecular weight excluding hydrogens is 306 g/mol. The van der Waals surface area contributed by atoms with E-state index in [2.05, 4.69) is 15.9 Å². The minimum absolute atomic E-state index is 0.00162. The summed E-state index contributed by atoms with van der Waals surface area (Å²) in [4.78, 5) is 12.2. The monoisotopic (exact) mass is 319 g/mol. The number of carbonyl (C=O) groups excluding carboxylic acids is 1. The van der Waals surface area contributed by atoms with Crippen molar-refractivity contribution in [1.82, 2.24) is 0 Å². The van der Waals surface area contributed by atoms with Crippen molar-refractivity contribution in [3.8, 4) is 5.75 Å². The van der Waals surface area contributed by atoms with Crippen LogP contribution in [-0.2, 0) is 6.42 Å². The van der Waals surface area contributed by atoms with Gasteiger partial charge in [-0.15, -0.1) is 0 Å². The van der Waals surface area contributed by atoms with E-state index in [9.17, 15) is 4.79 Å². The summed E-state index contributed by atoms with van der Waals surface area (Å²) in [5, 5.41) is 0. The van der Waals surface area contributed by atoms with Gasteiger partial charge in [0.05, 0.1) is 7.11 Å². The normalized spacial score (nSPS) is 10.2. The maximum Gasteiger partial charge on any atom is 0.169 e. The van der Waals surface area contributed by atoms with Crippen molar-refractivity contribution in [2.24, 2.45) is 0 Å². The maximum atomic E-state index is 12.2. The molecule has 4 heteroatoms. The first kappa shape index (κ1) is 13.6. The van der Waals surface area contributed by atoms with E-state index in [4.69, 9.17) is 10.5 Å². The minimum atomic E-state index is -0.00162. The number of hydrogen-bond acceptors (Lipinski definition) is 3. The number of carbonyl (C=O) groups is 1. The topological polar surface area (TPSA) is 52.3 Å². The molecule has 0 aliphatic carbocycles. The summed E-state index contributed by atoms with van der Waals surface area (Å²) in [5.74, 6) is 0.743. The summed E-state index contributed by atoms with van der Waals surface area (Å²) in [5.41, 5.74) is 7.80. The number of hydrogen-bond donors (Lipinski definition) is 1. The summed E-state index contributed by atoms with van der Waals surface area (Å²) in [6.45, 7) is 0. The SMILES string of the molecule is COc1cccc(CC(=O)c2ccc(Br)cc2N)c1. The van der Waals surface area contributed by atoms with Crippen LogP contribution in [0.4, 0.5) is 5.69 Å². The molecule has 2 rings (SSSR count). The molecule has 0 spiro atoms. The van der Waals surface area contributed by atoms with Crippen LogP contribution < -0.4 is 10.5 Å². The molecule has 3 nitrogen and oxygen atoms in total. The third kappa shape index (κ3) is 3.35. The third-order valence-corrected chi connectivity index (χ3v) is 3.31. The molecule has 2 aromatic carbocycles. The average Bonchev–Trinajstić information content (AvgIpc) is 2.38. The Morgan fingerprint density at radius 1 is 1.26 bits per heavy atom. The predicted molar refractivity (Wildman–Crippen MR) is 79.6 cm³/mol. The first-order valence-corrected chi connectivity index (χ1v) is 6.60. The van der Waals surface area contributed by atoms with E-state index >= 15 is 0 Å². The maximum absolute atomic E-state index is 12.2. The van der Waals surface area contributed by atoms with Gasteiger partial charge >= 0.3 is 0 Å². The van der Waals surface area contributed by atoms with Crippen LogP contribution in [0.5, 0.6) is 5.75 Å². The van der Waals surface area contributed by atoms with Crippen molar-refractivity contribution in [3.05, 3.63) is 58.1 Å². The summed E-state index contributed by atoms with van der Waals surface area (Å²) in [6, 6.07) is 12.8. The number of Topliss-reactive ketones (excluding diaryl/α,β-unsaturated/α-hetero) is 1. The van der Waals surface area contributed by atoms with Gasteiger partial charge < -0.3 is 10.5 Å². The van der Waals surface area contributed by atoms with Crippen LogP contribution in [-0.4, -0.2) is 12.9 Å². The van der Waals surface area contributed by atoms with Crippen molar-refractivity contribution >= 4 is 27.4 Å². The van der Waals surface area contributed by atoms with Crippen LogP contribution in [0.25, 0.3) is 0 Å². The quantitative estimate of drug-likeness (QED) is 0.693. The lowest BCUT2D eigenvalue weighted by atomic mass is 10.0. The Kier molecular flexibility index (Phi) is 4.22. The van der Waals surface area contributed by atoms with Gasteiger partial charge in [0.1, 0.15) is 5.75 Å². The second-order valence-corrected chi connectivity index (χ2v) is 5.10. The second kappa shape index (κ2) is 5.89. The van der Waals surface area contributed by atoms with Gasteiger partial charge in [0.2, 0.25) is 0 Å². The molecule has 0 bridgehead atoms. The van der Waals surface area contributed by atoms with Gasteiger partial charge in [0.25, 0.3) is 0 Å². The van der Waals surface area contributed by atoms with E-state index in [0.29, 0.717) is 17.7 Å². The Bertz CT molecular complexity index is 611. The number of nitrogens with two attached hydrogens (primary N) is 1. The van der Waals surface area contributed by atoms with Crippen LogP contribution in [0.15, 0.2) is 46.9 Å². The number of ether oxygens (including phenoxy) is 1. The number of benzene rings is 2. The summed E-state index contributed by atoms with van der Waals surface area (Å²) in [6.07, 6.45) is 0.309. The molecule has 0 unspecified atom stereocenters. The second-order valence-electron chi connectivity index (χ2n) is 4.18. The molecule has 2 aromatic rings. The van der Waals surface area contributed by atoms with Crippen LogP contribution in [0, 0.1) is 0 Å². The van der Waals surface area contributed by atoms with Crippen LogP contribution in [0.1, 0.15) is 15.9 Å². The van der Waals surface area contributed by atoms with Crippen LogP contribution in [0.3, 0.4) is 0 Å². The first-order chi connectivity index (χ1) is 9.10. The van der Waals surface area contributed by atoms with Gasteiger partial charge in [-0.1, -0.05) is 28.1 Å². The molecule has 2 N–H and O–H groups in total. The molecule has 0 fully saturated rings. The zero-order valence-corrected chi connectivity index (χ0v) is 12.1. The fraction of sp³-hybridized carbons (Fsp3) is 0.133. The fourth-order valence-corrected chi connectivity index (χ4v) is 2.23. The fourth-order valence-electron chi connectivity index (χ4n) is 1.85. The Balaban J connectivity index is 2.20. The largest absolute Gasteiger partial charge is 0.497 e. The molecule has 0 saturated heterocycles. The first-order valence-electron chi connectivity index (χ1n) is 5.81. The number of nitrogen functional groups attached to an aromatic ring is 1. The van der Waals surface area contributed by atoms with Gasteiger partial charge in [-0.05, 0) is 35.9 Å². The molecule has 98 valence electrons. The van der Waals surface area contributed by atoms with Crippen molar-refractivity contribution < 1.29 is 9.53 Å². The van der Waals surface area contributed by atoms with E-state index in [1.807, 2.05) is 30.3 Å². The van der Waals surface area contributed by atoms with Crippen LogP contribution >= 0.6 is 15.9 Å². The van der Waals surface area contributed by atoms with Gasteiger partial charge in [-0.25, -0.2) is 0 Å². The van der Waals surface area contributed by atoms with Crippen LogP contribution in [0.2, 0.25) is 0 Å². The van der Waals surface area contributed by atoms with E-state index in [-0.39, 0.29) is 5.78 Å². The molecule has 0 atom stereocenters. The minimum Gasteiger partial charge on any atom is -0.497 e. The van der Waals surface area contributed by atoms with E-state index in [0.717, 1.165) is 15.8 Å². The van der Waals surface area contributed by atoms with Crippen molar-refractivity contribution in [2.45, 2.75) is 6.42 Å². The Morgan fingerprint density at radius 2 is 2.05 bits per heavy atom. The lowest BCUT2D eigenvalue weighted by Gasteiger charge is -2.07. The summed E-state index contributed by atoms with van der Waals surface area (Å²) in [7, 11) is 1.60. The van der Waals surface area contributed by atoms with E-state index < -0.39 is 0 Å². The Morgan fingerprint density at radius 3 is 2.74 bits per heavy atom. The van der Waals surface area contributed by atoms with Gasteiger partial charge in [0.15, 0.2) is 5.78 Å². The highest BCUT2D eigenvalue weighted by molar-refractivity contribution is 9.10. The Labute approximate surface area is 120 Å². The molecule has 19 heavy (non-hydrogen) atoms. The van der Waals surface area contributed by atoms with E-state index in [1.54, 1.807) is 19.2 Å². The third-order valence-electron chi connectivity index (χ3n) is 2.81. The Hall–Kier alpha value is -1.81. The molecule has 0 aliphatic rings. The molecular formula is C15H14BrNO2. The highest BCUT2D eigenvalue weighted by Gasteiger charge is 2.11. The molecule has 0 saturated carbocycles. The van der Waals surface area contributed by atoms with E-state index in [1.165, 1.54) is 0 Å². The standard InChI is InChI=1S/C15H14BrNO2/c1-19-12-4-2-3-10(7-12)8-15(18)13-6-5-11(16)9-14(13)17/h2-7,9H,8,17H2,1H3. The molecule has 0 amide bonds. The zero-order chi connectivity index (χ0) is 13.8. The lowest BCUT2D eigenvalue weighted by Crippen LogP contribution is -2.07. The van der Waals surface area contributed by atoms with Crippen molar-refractivity contribution in [3.63, 3.8) is 0 Å². The zero-order valence-electron chi connectivity index (χ0n) is 10.5. The van der Waals surface area contributed by atoms with Gasteiger partial charge in [-0.2, -0.15) is 0 Å². The average molecular weight is 320 g/mol. The van der Waals surface area contributed by atoms with Crippen molar-refractivity contribution in [1.29, 1.82) is 0 Å². The highest BCUT2D eigenvalue weighted by atomic mass is 79.9. The lowest BCUT2D eigenvalue weighted by molar-refractivity contribution is 0.0994. The highest BCUT2D eigenvalue weighted by Crippen LogP contribution is 2.21. The molecule has 0 aliphatic heterocycles. The number of halogens is 1. The van der Waals surface area contributed by atoms with Crippen molar-refractivity contribution in [2.75, 3.05) is 12.8 Å².